The van der Waals surface area contributed by atoms with E-state index in [-0.39, 0.29) is 5.54 Å². The minimum atomic E-state index is 0.127. The van der Waals surface area contributed by atoms with Crippen LogP contribution in [0.5, 0.6) is 0 Å². The van der Waals surface area contributed by atoms with Gasteiger partial charge in [0, 0.05) is 37.2 Å². The minimum Gasteiger partial charge on any atom is -0.359 e. The van der Waals surface area contributed by atoms with E-state index in [1.54, 1.807) is 0 Å². The fourth-order valence-electron chi connectivity index (χ4n) is 2.42. The molecular weight excluding hydrogens is 302 g/mol. The lowest BCUT2D eigenvalue weighted by Gasteiger charge is -2.21. The first-order valence-corrected chi connectivity index (χ1v) is 9.12. The van der Waals surface area contributed by atoms with Crippen molar-refractivity contribution in [1.29, 1.82) is 0 Å². The van der Waals surface area contributed by atoms with E-state index in [2.05, 4.69) is 67.6 Å². The SMILES string of the molecule is CCNC(=NCc1cc(C(CC)CC)no1)NCCNC(C)(C)C. The molecule has 0 atom stereocenters. The van der Waals surface area contributed by atoms with E-state index in [0.717, 1.165) is 49.9 Å². The molecule has 0 saturated carbocycles. The molecule has 0 spiro atoms. The van der Waals surface area contributed by atoms with Crippen LogP contribution in [0, 0.1) is 0 Å². The molecule has 0 aliphatic heterocycles. The van der Waals surface area contributed by atoms with Gasteiger partial charge in [0.05, 0.1) is 5.69 Å². The van der Waals surface area contributed by atoms with E-state index in [4.69, 9.17) is 4.52 Å². The summed E-state index contributed by atoms with van der Waals surface area (Å²) in [6.45, 7) is 15.9. The third kappa shape index (κ3) is 7.81. The maximum atomic E-state index is 5.42. The van der Waals surface area contributed by atoms with Gasteiger partial charge >= 0.3 is 0 Å². The number of nitrogens with one attached hydrogen (secondary N) is 3. The fraction of sp³-hybridized carbons (Fsp3) is 0.778. The summed E-state index contributed by atoms with van der Waals surface area (Å²) in [4.78, 5) is 4.57. The predicted molar refractivity (Wildman–Crippen MR) is 100 cm³/mol. The summed E-state index contributed by atoms with van der Waals surface area (Å²) in [6.07, 6.45) is 2.16. The van der Waals surface area contributed by atoms with Crippen LogP contribution in [-0.2, 0) is 6.54 Å². The van der Waals surface area contributed by atoms with E-state index in [1.165, 1.54) is 0 Å². The van der Waals surface area contributed by atoms with E-state index in [1.807, 2.05) is 6.07 Å². The van der Waals surface area contributed by atoms with E-state index >= 15 is 0 Å². The van der Waals surface area contributed by atoms with Crippen molar-refractivity contribution >= 4 is 5.96 Å². The summed E-state index contributed by atoms with van der Waals surface area (Å²) in [5.74, 6) is 2.08. The number of guanidine groups is 1. The highest BCUT2D eigenvalue weighted by Crippen LogP contribution is 2.22. The topological polar surface area (TPSA) is 74.5 Å². The lowest BCUT2D eigenvalue weighted by Crippen LogP contribution is -2.44. The Morgan fingerprint density at radius 1 is 1.17 bits per heavy atom. The first-order chi connectivity index (χ1) is 11.4. The van der Waals surface area contributed by atoms with Crippen LogP contribution in [0.1, 0.15) is 71.8 Å². The number of aromatic nitrogens is 1. The first-order valence-electron chi connectivity index (χ1n) is 9.12. The summed E-state index contributed by atoms with van der Waals surface area (Å²) >= 11 is 0. The molecule has 0 aromatic carbocycles. The molecule has 0 bridgehead atoms. The molecule has 0 aliphatic carbocycles. The van der Waals surface area contributed by atoms with Crippen molar-refractivity contribution in [2.75, 3.05) is 19.6 Å². The number of hydrogen-bond donors (Lipinski definition) is 3. The van der Waals surface area contributed by atoms with Gasteiger partial charge in [0.15, 0.2) is 11.7 Å². The number of hydrogen-bond acceptors (Lipinski definition) is 4. The molecule has 0 fully saturated rings. The van der Waals surface area contributed by atoms with Crippen LogP contribution in [0.25, 0.3) is 0 Å². The van der Waals surface area contributed by atoms with Crippen molar-refractivity contribution in [3.8, 4) is 0 Å². The Labute approximate surface area is 146 Å². The zero-order chi connectivity index (χ0) is 18.0. The van der Waals surface area contributed by atoms with Crippen LogP contribution in [-0.4, -0.2) is 36.3 Å². The average Bonchev–Trinajstić information content (AvgIpc) is 2.98. The maximum Gasteiger partial charge on any atom is 0.191 e. The maximum absolute atomic E-state index is 5.42. The number of nitrogens with zero attached hydrogens (tertiary/aromatic N) is 2. The molecule has 138 valence electrons. The van der Waals surface area contributed by atoms with Gasteiger partial charge in [0.25, 0.3) is 0 Å². The highest BCUT2D eigenvalue weighted by atomic mass is 16.5. The van der Waals surface area contributed by atoms with Crippen molar-refractivity contribution in [2.45, 2.75) is 72.4 Å². The van der Waals surface area contributed by atoms with Crippen LogP contribution in [0.4, 0.5) is 0 Å². The van der Waals surface area contributed by atoms with Crippen molar-refractivity contribution in [2.24, 2.45) is 4.99 Å². The lowest BCUT2D eigenvalue weighted by molar-refractivity contribution is 0.372. The van der Waals surface area contributed by atoms with Gasteiger partial charge < -0.3 is 20.5 Å². The second-order valence-electron chi connectivity index (χ2n) is 7.03. The molecule has 0 aliphatic rings. The van der Waals surface area contributed by atoms with Crippen LogP contribution < -0.4 is 16.0 Å². The Balaban J connectivity index is 2.53. The Kier molecular flexibility index (Phi) is 8.82. The Morgan fingerprint density at radius 2 is 1.88 bits per heavy atom. The summed E-state index contributed by atoms with van der Waals surface area (Å²) in [6, 6.07) is 2.03. The van der Waals surface area contributed by atoms with Crippen molar-refractivity contribution in [1.82, 2.24) is 21.1 Å². The Morgan fingerprint density at radius 3 is 2.46 bits per heavy atom. The Hall–Kier alpha value is -1.56. The Bertz CT molecular complexity index is 486. The minimum absolute atomic E-state index is 0.127. The molecule has 24 heavy (non-hydrogen) atoms. The fourth-order valence-corrected chi connectivity index (χ4v) is 2.42. The van der Waals surface area contributed by atoms with Gasteiger partial charge in [0.2, 0.25) is 0 Å². The molecule has 6 heteroatoms. The molecule has 1 aromatic heterocycles. The van der Waals surface area contributed by atoms with Gasteiger partial charge in [-0.05, 0) is 40.5 Å². The third-order valence-corrected chi connectivity index (χ3v) is 3.79. The lowest BCUT2D eigenvalue weighted by atomic mass is 9.99. The first kappa shape index (κ1) is 20.5. The predicted octanol–water partition coefficient (Wildman–Crippen LogP) is 3.02. The molecule has 0 unspecified atom stereocenters. The normalized spacial score (nSPS) is 12.7. The third-order valence-electron chi connectivity index (χ3n) is 3.79. The van der Waals surface area contributed by atoms with E-state index in [0.29, 0.717) is 12.5 Å². The van der Waals surface area contributed by atoms with Gasteiger partial charge in [0.1, 0.15) is 6.54 Å². The van der Waals surface area contributed by atoms with Gasteiger partial charge in [-0.15, -0.1) is 0 Å². The second-order valence-corrected chi connectivity index (χ2v) is 7.03. The van der Waals surface area contributed by atoms with Crippen LogP contribution in [0.15, 0.2) is 15.6 Å². The van der Waals surface area contributed by atoms with Crippen LogP contribution in [0.2, 0.25) is 0 Å². The molecule has 0 radical (unpaired) electrons. The average molecular weight is 338 g/mol. The van der Waals surface area contributed by atoms with Gasteiger partial charge in [-0.1, -0.05) is 19.0 Å². The number of rotatable bonds is 9. The van der Waals surface area contributed by atoms with Crippen molar-refractivity contribution in [3.05, 3.63) is 17.5 Å². The largest absolute Gasteiger partial charge is 0.359 e. The molecule has 1 aromatic rings. The van der Waals surface area contributed by atoms with E-state index in [9.17, 15) is 0 Å². The second kappa shape index (κ2) is 10.3. The van der Waals surface area contributed by atoms with Gasteiger partial charge in [-0.2, -0.15) is 0 Å². The summed E-state index contributed by atoms with van der Waals surface area (Å²) in [7, 11) is 0. The van der Waals surface area contributed by atoms with Crippen LogP contribution >= 0.6 is 0 Å². The monoisotopic (exact) mass is 337 g/mol. The standard InChI is InChI=1S/C18H35N5O/c1-7-14(8-2)16-12-15(24-23-16)13-21-17(19-9-3)20-10-11-22-18(4,5)6/h12,14,22H,7-11,13H2,1-6H3,(H2,19,20,21). The zero-order valence-corrected chi connectivity index (χ0v) is 16.2. The van der Waals surface area contributed by atoms with Gasteiger partial charge in [-0.25, -0.2) is 4.99 Å². The van der Waals surface area contributed by atoms with Crippen molar-refractivity contribution < 1.29 is 4.52 Å². The molecular formula is C18H35N5O. The quantitative estimate of drug-likeness (QED) is 0.367. The number of aliphatic imine (C=N–C) groups is 1. The molecule has 1 rings (SSSR count). The van der Waals surface area contributed by atoms with Gasteiger partial charge in [-0.3, -0.25) is 0 Å². The molecule has 6 nitrogen and oxygen atoms in total. The van der Waals surface area contributed by atoms with E-state index < -0.39 is 0 Å². The summed E-state index contributed by atoms with van der Waals surface area (Å²) in [5.41, 5.74) is 1.17. The highest BCUT2D eigenvalue weighted by molar-refractivity contribution is 5.79. The molecule has 3 N–H and O–H groups in total. The summed E-state index contributed by atoms with van der Waals surface area (Å²) in [5, 5.41) is 14.2. The molecule has 0 saturated heterocycles. The highest BCUT2D eigenvalue weighted by Gasteiger charge is 2.13. The smallest absolute Gasteiger partial charge is 0.191 e. The van der Waals surface area contributed by atoms with Crippen molar-refractivity contribution in [3.63, 3.8) is 0 Å². The van der Waals surface area contributed by atoms with Crippen LogP contribution in [0.3, 0.4) is 0 Å². The molecule has 1 heterocycles. The summed E-state index contributed by atoms with van der Waals surface area (Å²) < 4.78 is 5.42. The molecule has 0 amide bonds. The zero-order valence-electron chi connectivity index (χ0n) is 16.2.